The first-order valence-electron chi connectivity index (χ1n) is 5.87. The number of ether oxygens (including phenoxy) is 1. The van der Waals surface area contributed by atoms with Gasteiger partial charge in [0.05, 0.1) is 17.9 Å². The normalized spacial score (nSPS) is 19.4. The zero-order chi connectivity index (χ0) is 14.9. The summed E-state index contributed by atoms with van der Waals surface area (Å²) in [6, 6.07) is 4.92. The Hall–Kier alpha value is -1.34. The summed E-state index contributed by atoms with van der Waals surface area (Å²) in [7, 11) is -3.16. The van der Waals surface area contributed by atoms with Crippen LogP contribution in [-0.2, 0) is 15.0 Å². The Morgan fingerprint density at radius 2 is 2.20 bits per heavy atom. The van der Waals surface area contributed by atoms with E-state index in [2.05, 4.69) is 0 Å². The Bertz CT molecular complexity index is 634. The molecule has 8 heteroatoms. The molecule has 0 saturated carbocycles. The Kier molecular flexibility index (Phi) is 4.19. The summed E-state index contributed by atoms with van der Waals surface area (Å²) >= 11 is 6.07. The van der Waals surface area contributed by atoms with Gasteiger partial charge in [-0.3, -0.25) is 4.79 Å². The van der Waals surface area contributed by atoms with Gasteiger partial charge >= 0.3 is 10.2 Å². The molecule has 0 bridgehead atoms. The molecule has 1 unspecified atom stereocenters. The number of carbonyl (C=O) groups is 1. The number of hydrogen-bond acceptors (Lipinski definition) is 4. The van der Waals surface area contributed by atoms with Crippen LogP contribution in [0.15, 0.2) is 18.2 Å². The van der Waals surface area contributed by atoms with Crippen LogP contribution in [0.2, 0.25) is 5.02 Å². The third-order valence-corrected chi connectivity index (χ3v) is 4.25. The number of carbonyl (C=O) groups excluding carboxylic acids is 1. The van der Waals surface area contributed by atoms with Gasteiger partial charge in [0.15, 0.2) is 0 Å². The molecule has 0 aromatic heterocycles. The lowest BCUT2D eigenvalue weighted by atomic mass is 10.1. The van der Waals surface area contributed by atoms with Crippen molar-refractivity contribution in [3.05, 3.63) is 23.2 Å². The van der Waals surface area contributed by atoms with E-state index in [0.717, 1.165) is 0 Å². The monoisotopic (exact) mass is 321 g/mol. The standard InChI is InChI=1S/C12H13ClFNO4S/c1-19-10-4-2-3-9(13)12(10)15-6-8(5-11(15)16)7-20(14,17)18/h2-4,8H,5-7H2,1H3. The number of halogens is 2. The maximum atomic E-state index is 12.7. The Balaban J connectivity index is 2.29. The number of nitrogens with zero attached hydrogens (tertiary/aromatic N) is 1. The van der Waals surface area contributed by atoms with E-state index >= 15 is 0 Å². The van der Waals surface area contributed by atoms with Crippen LogP contribution in [-0.4, -0.2) is 33.7 Å². The van der Waals surface area contributed by atoms with Gasteiger partial charge in [-0.15, -0.1) is 3.89 Å². The van der Waals surface area contributed by atoms with Crippen molar-refractivity contribution >= 4 is 33.4 Å². The zero-order valence-corrected chi connectivity index (χ0v) is 12.2. The molecule has 2 rings (SSSR count). The molecule has 1 fully saturated rings. The van der Waals surface area contributed by atoms with Gasteiger partial charge in [0.1, 0.15) is 11.4 Å². The second-order valence-corrected chi connectivity index (χ2v) is 6.39. The molecule has 1 aromatic rings. The van der Waals surface area contributed by atoms with E-state index in [9.17, 15) is 17.1 Å². The van der Waals surface area contributed by atoms with Crippen molar-refractivity contribution in [3.63, 3.8) is 0 Å². The van der Waals surface area contributed by atoms with E-state index in [1.165, 1.54) is 12.0 Å². The highest BCUT2D eigenvalue weighted by atomic mass is 35.5. The van der Waals surface area contributed by atoms with Crippen LogP contribution in [0.4, 0.5) is 9.57 Å². The van der Waals surface area contributed by atoms with Gasteiger partial charge in [-0.1, -0.05) is 17.7 Å². The molecule has 0 N–H and O–H groups in total. The SMILES string of the molecule is COc1cccc(Cl)c1N1CC(CS(=O)(=O)F)CC1=O. The maximum absolute atomic E-state index is 12.7. The fourth-order valence-corrected chi connectivity index (χ4v) is 3.37. The second-order valence-electron chi connectivity index (χ2n) is 4.57. The molecule has 1 atom stereocenters. The summed E-state index contributed by atoms with van der Waals surface area (Å²) in [5, 5.41) is 0.321. The molecule has 1 aromatic carbocycles. The summed E-state index contributed by atoms with van der Waals surface area (Å²) in [6.07, 6.45) is -0.0302. The van der Waals surface area contributed by atoms with Gasteiger partial charge in [0, 0.05) is 18.9 Å². The molecule has 0 aliphatic carbocycles. The van der Waals surface area contributed by atoms with Gasteiger partial charge in [-0.05, 0) is 12.1 Å². The van der Waals surface area contributed by atoms with Crippen LogP contribution >= 0.6 is 11.6 Å². The third kappa shape index (κ3) is 3.21. The average Bonchev–Trinajstić information content (AvgIpc) is 2.67. The summed E-state index contributed by atoms with van der Waals surface area (Å²) in [6.45, 7) is 0.0993. The molecule has 5 nitrogen and oxygen atoms in total. The summed E-state index contributed by atoms with van der Waals surface area (Å²) in [4.78, 5) is 13.3. The third-order valence-electron chi connectivity index (χ3n) is 3.08. The van der Waals surface area contributed by atoms with E-state index in [1.807, 2.05) is 0 Å². The van der Waals surface area contributed by atoms with Gasteiger partial charge in [0.2, 0.25) is 5.91 Å². The van der Waals surface area contributed by atoms with Gasteiger partial charge in [0.25, 0.3) is 0 Å². The highest BCUT2D eigenvalue weighted by Crippen LogP contribution is 2.39. The van der Waals surface area contributed by atoms with E-state index in [4.69, 9.17) is 16.3 Å². The molecule has 1 amide bonds. The van der Waals surface area contributed by atoms with Crippen LogP contribution in [0.3, 0.4) is 0 Å². The van der Waals surface area contributed by atoms with Crippen LogP contribution in [0.25, 0.3) is 0 Å². The van der Waals surface area contributed by atoms with Crippen LogP contribution in [0.1, 0.15) is 6.42 Å². The fraction of sp³-hybridized carbons (Fsp3) is 0.417. The van der Waals surface area contributed by atoms with E-state index in [1.54, 1.807) is 18.2 Å². The zero-order valence-electron chi connectivity index (χ0n) is 10.7. The molecular weight excluding hydrogens is 309 g/mol. The lowest BCUT2D eigenvalue weighted by Crippen LogP contribution is -2.26. The molecule has 0 radical (unpaired) electrons. The van der Waals surface area contributed by atoms with Crippen molar-refractivity contribution in [2.75, 3.05) is 24.3 Å². The smallest absolute Gasteiger partial charge is 0.302 e. The minimum absolute atomic E-state index is 0.0302. The number of anilines is 1. The average molecular weight is 322 g/mol. The second kappa shape index (κ2) is 5.57. The molecule has 1 saturated heterocycles. The summed E-state index contributed by atoms with van der Waals surface area (Å²) < 4.78 is 39.2. The number of methoxy groups -OCH3 is 1. The first kappa shape index (κ1) is 15.1. The highest BCUT2D eigenvalue weighted by molar-refractivity contribution is 7.86. The number of rotatable bonds is 4. The van der Waals surface area contributed by atoms with Crippen molar-refractivity contribution in [2.45, 2.75) is 6.42 Å². The predicted octanol–water partition coefficient (Wildman–Crippen LogP) is 2.00. The fourth-order valence-electron chi connectivity index (χ4n) is 2.31. The Morgan fingerprint density at radius 1 is 1.50 bits per heavy atom. The number of benzene rings is 1. The van der Waals surface area contributed by atoms with E-state index in [0.29, 0.717) is 16.5 Å². The van der Waals surface area contributed by atoms with Crippen molar-refractivity contribution in [1.82, 2.24) is 0 Å². The lowest BCUT2D eigenvalue weighted by molar-refractivity contribution is -0.117. The number of amides is 1. The molecule has 1 aliphatic heterocycles. The molecule has 0 spiro atoms. The van der Waals surface area contributed by atoms with Gasteiger partial charge in [-0.2, -0.15) is 8.42 Å². The summed E-state index contributed by atoms with van der Waals surface area (Å²) in [5.74, 6) is -1.14. The van der Waals surface area contributed by atoms with E-state index < -0.39 is 21.9 Å². The predicted molar refractivity (Wildman–Crippen MR) is 73.4 cm³/mol. The lowest BCUT2D eigenvalue weighted by Gasteiger charge is -2.20. The van der Waals surface area contributed by atoms with Gasteiger partial charge < -0.3 is 9.64 Å². The first-order valence-corrected chi connectivity index (χ1v) is 7.80. The van der Waals surface area contributed by atoms with Crippen LogP contribution in [0, 0.1) is 5.92 Å². The number of para-hydroxylation sites is 1. The quantitative estimate of drug-likeness (QED) is 0.796. The van der Waals surface area contributed by atoms with Crippen molar-refractivity contribution in [3.8, 4) is 5.75 Å². The minimum atomic E-state index is -4.61. The molecule has 1 aliphatic rings. The van der Waals surface area contributed by atoms with E-state index in [-0.39, 0.29) is 18.9 Å². The molecule has 20 heavy (non-hydrogen) atoms. The minimum Gasteiger partial charge on any atom is -0.495 e. The largest absolute Gasteiger partial charge is 0.495 e. The Morgan fingerprint density at radius 3 is 2.80 bits per heavy atom. The van der Waals surface area contributed by atoms with Crippen LogP contribution in [0.5, 0.6) is 5.75 Å². The van der Waals surface area contributed by atoms with Crippen molar-refractivity contribution in [2.24, 2.45) is 5.92 Å². The van der Waals surface area contributed by atoms with Gasteiger partial charge in [-0.25, -0.2) is 0 Å². The molecule has 110 valence electrons. The highest BCUT2D eigenvalue weighted by Gasteiger charge is 2.35. The molecular formula is C12H13ClFNO4S. The maximum Gasteiger partial charge on any atom is 0.302 e. The Labute approximate surface area is 121 Å². The number of hydrogen-bond donors (Lipinski definition) is 0. The summed E-state index contributed by atoms with van der Waals surface area (Å²) in [5.41, 5.74) is 0.389. The molecule has 1 heterocycles. The van der Waals surface area contributed by atoms with Crippen molar-refractivity contribution in [1.29, 1.82) is 0 Å². The topological polar surface area (TPSA) is 63.7 Å². The van der Waals surface area contributed by atoms with Crippen molar-refractivity contribution < 1.29 is 21.8 Å². The van der Waals surface area contributed by atoms with Crippen LogP contribution < -0.4 is 9.64 Å². The first-order chi connectivity index (χ1) is 9.31.